The predicted octanol–water partition coefficient (Wildman–Crippen LogP) is 1.22. The number of amides is 1. The zero-order chi connectivity index (χ0) is 19.6. The second kappa shape index (κ2) is 10.8. The minimum Gasteiger partial charge on any atom is -0.494 e. The van der Waals surface area contributed by atoms with Gasteiger partial charge in [-0.05, 0) is 25.5 Å². The van der Waals surface area contributed by atoms with E-state index in [-0.39, 0.29) is 5.91 Å². The normalized spacial score (nSPS) is 15.6. The number of aliphatic imine (C=N–C) groups is 1. The molecule has 1 aliphatic heterocycles. The van der Waals surface area contributed by atoms with Gasteiger partial charge in [-0.1, -0.05) is 12.1 Å². The van der Waals surface area contributed by atoms with E-state index in [1.165, 1.54) is 5.56 Å². The number of hydrogen-bond acceptors (Lipinski definition) is 4. The lowest BCUT2D eigenvalue weighted by Crippen LogP contribution is -2.50. The van der Waals surface area contributed by atoms with Crippen LogP contribution in [-0.2, 0) is 11.3 Å². The van der Waals surface area contributed by atoms with Crippen molar-refractivity contribution in [2.24, 2.45) is 4.99 Å². The van der Waals surface area contributed by atoms with Gasteiger partial charge in [0.2, 0.25) is 5.91 Å². The SMILES string of the molecule is CCOc1cc(C)ccc1CNC(=NC)NCCN1CCN(C(C)=O)CC1. The molecule has 1 amide bonds. The van der Waals surface area contributed by atoms with Gasteiger partial charge in [0.1, 0.15) is 5.75 Å². The molecule has 7 heteroatoms. The summed E-state index contributed by atoms with van der Waals surface area (Å²) in [6.45, 7) is 12.2. The molecule has 1 saturated heterocycles. The molecule has 2 N–H and O–H groups in total. The maximum atomic E-state index is 11.4. The monoisotopic (exact) mass is 375 g/mol. The van der Waals surface area contributed by atoms with Crippen molar-refractivity contribution in [3.05, 3.63) is 29.3 Å². The third kappa shape index (κ3) is 6.75. The van der Waals surface area contributed by atoms with Crippen LogP contribution in [0.2, 0.25) is 0 Å². The van der Waals surface area contributed by atoms with Crippen LogP contribution in [0.5, 0.6) is 5.75 Å². The van der Waals surface area contributed by atoms with Crippen LogP contribution >= 0.6 is 0 Å². The number of hydrogen-bond donors (Lipinski definition) is 2. The van der Waals surface area contributed by atoms with Gasteiger partial charge in [0, 0.05) is 65.3 Å². The van der Waals surface area contributed by atoms with Crippen LogP contribution in [0.4, 0.5) is 0 Å². The molecule has 0 bridgehead atoms. The van der Waals surface area contributed by atoms with Crippen LogP contribution in [0.1, 0.15) is 25.0 Å². The number of rotatable bonds is 7. The van der Waals surface area contributed by atoms with Gasteiger partial charge in [0.25, 0.3) is 0 Å². The Morgan fingerprint density at radius 2 is 1.96 bits per heavy atom. The highest BCUT2D eigenvalue weighted by molar-refractivity contribution is 5.79. The van der Waals surface area contributed by atoms with Crippen LogP contribution in [-0.4, -0.2) is 74.6 Å². The van der Waals surface area contributed by atoms with Crippen molar-refractivity contribution in [1.82, 2.24) is 20.4 Å². The maximum absolute atomic E-state index is 11.4. The van der Waals surface area contributed by atoms with Crippen LogP contribution in [0, 0.1) is 6.92 Å². The standard InChI is InChI=1S/C20H33N5O2/c1-5-27-19-14-16(2)6-7-18(19)15-23-20(21-4)22-8-9-24-10-12-25(13-11-24)17(3)26/h6-7,14H,5,8-13,15H2,1-4H3,(H2,21,22,23). The Morgan fingerprint density at radius 1 is 1.22 bits per heavy atom. The predicted molar refractivity (Wildman–Crippen MR) is 109 cm³/mol. The second-order valence-corrected chi connectivity index (χ2v) is 6.74. The average Bonchev–Trinajstić information content (AvgIpc) is 2.66. The molecule has 0 unspecified atom stereocenters. The van der Waals surface area contributed by atoms with Gasteiger partial charge in [0.05, 0.1) is 6.61 Å². The van der Waals surface area contributed by atoms with Crippen molar-refractivity contribution in [2.75, 3.05) is 52.9 Å². The summed E-state index contributed by atoms with van der Waals surface area (Å²) in [5.41, 5.74) is 2.31. The third-order valence-corrected chi connectivity index (χ3v) is 4.73. The number of piperazine rings is 1. The summed E-state index contributed by atoms with van der Waals surface area (Å²) < 4.78 is 5.73. The molecule has 2 rings (SSSR count). The number of benzene rings is 1. The van der Waals surface area contributed by atoms with Gasteiger partial charge in [-0.15, -0.1) is 0 Å². The van der Waals surface area contributed by atoms with Gasteiger partial charge >= 0.3 is 0 Å². The zero-order valence-corrected chi connectivity index (χ0v) is 17.0. The first kappa shape index (κ1) is 21.0. The summed E-state index contributed by atoms with van der Waals surface area (Å²) in [5.74, 6) is 1.86. The Hall–Kier alpha value is -2.28. The van der Waals surface area contributed by atoms with E-state index < -0.39 is 0 Å². The van der Waals surface area contributed by atoms with Crippen molar-refractivity contribution >= 4 is 11.9 Å². The largest absolute Gasteiger partial charge is 0.494 e. The van der Waals surface area contributed by atoms with E-state index in [0.29, 0.717) is 13.2 Å². The highest BCUT2D eigenvalue weighted by Crippen LogP contribution is 2.20. The molecule has 1 heterocycles. The summed E-state index contributed by atoms with van der Waals surface area (Å²) in [7, 11) is 1.78. The quantitative estimate of drug-likeness (QED) is 0.554. The van der Waals surface area contributed by atoms with Crippen molar-refractivity contribution in [3.8, 4) is 5.75 Å². The summed E-state index contributed by atoms with van der Waals surface area (Å²) >= 11 is 0. The molecule has 1 fully saturated rings. The van der Waals surface area contributed by atoms with Crippen molar-refractivity contribution < 1.29 is 9.53 Å². The molecule has 0 radical (unpaired) electrons. The summed E-state index contributed by atoms with van der Waals surface area (Å²) in [6, 6.07) is 6.25. The highest BCUT2D eigenvalue weighted by Gasteiger charge is 2.17. The fourth-order valence-corrected chi connectivity index (χ4v) is 3.12. The van der Waals surface area contributed by atoms with Gasteiger partial charge in [-0.3, -0.25) is 14.7 Å². The van der Waals surface area contributed by atoms with E-state index in [9.17, 15) is 4.79 Å². The maximum Gasteiger partial charge on any atom is 0.219 e. The first-order chi connectivity index (χ1) is 13.0. The molecular weight excluding hydrogens is 342 g/mol. The summed E-state index contributed by atoms with van der Waals surface area (Å²) in [5, 5.41) is 6.71. The molecule has 0 spiro atoms. The molecule has 0 aromatic heterocycles. The molecule has 0 atom stereocenters. The Bertz CT molecular complexity index is 639. The number of aryl methyl sites for hydroxylation is 1. The van der Waals surface area contributed by atoms with E-state index >= 15 is 0 Å². The summed E-state index contributed by atoms with van der Waals surface area (Å²) in [6.07, 6.45) is 0. The van der Waals surface area contributed by atoms with Crippen LogP contribution in [0.15, 0.2) is 23.2 Å². The van der Waals surface area contributed by atoms with Crippen molar-refractivity contribution in [2.45, 2.75) is 27.3 Å². The van der Waals surface area contributed by atoms with E-state index in [0.717, 1.165) is 56.5 Å². The molecule has 1 aliphatic rings. The van der Waals surface area contributed by atoms with Crippen molar-refractivity contribution in [3.63, 3.8) is 0 Å². The Kier molecular flexibility index (Phi) is 8.39. The fraction of sp³-hybridized carbons (Fsp3) is 0.600. The van der Waals surface area contributed by atoms with Gasteiger partial charge < -0.3 is 20.3 Å². The number of carbonyl (C=O) groups excluding carboxylic acids is 1. The number of nitrogens with zero attached hydrogens (tertiary/aromatic N) is 3. The second-order valence-electron chi connectivity index (χ2n) is 6.74. The number of guanidine groups is 1. The van der Waals surface area contributed by atoms with Gasteiger partial charge in [0.15, 0.2) is 5.96 Å². The molecule has 1 aromatic rings. The highest BCUT2D eigenvalue weighted by atomic mass is 16.5. The van der Waals surface area contributed by atoms with Gasteiger partial charge in [-0.25, -0.2) is 0 Å². The van der Waals surface area contributed by atoms with Crippen molar-refractivity contribution in [1.29, 1.82) is 0 Å². The number of carbonyl (C=O) groups is 1. The van der Waals surface area contributed by atoms with E-state index in [2.05, 4.69) is 45.6 Å². The Labute approximate surface area is 162 Å². The van der Waals surface area contributed by atoms with E-state index in [1.54, 1.807) is 14.0 Å². The Balaban J connectivity index is 1.74. The fourth-order valence-electron chi connectivity index (χ4n) is 3.12. The number of ether oxygens (including phenoxy) is 1. The Morgan fingerprint density at radius 3 is 2.59 bits per heavy atom. The lowest BCUT2D eigenvalue weighted by atomic mass is 10.1. The molecule has 0 aliphatic carbocycles. The molecule has 0 saturated carbocycles. The van der Waals surface area contributed by atoms with Gasteiger partial charge in [-0.2, -0.15) is 0 Å². The minimum atomic E-state index is 0.167. The van der Waals surface area contributed by atoms with Crippen LogP contribution in [0.3, 0.4) is 0 Å². The number of nitrogens with one attached hydrogen (secondary N) is 2. The molecule has 27 heavy (non-hydrogen) atoms. The molecule has 150 valence electrons. The topological polar surface area (TPSA) is 69.2 Å². The smallest absolute Gasteiger partial charge is 0.219 e. The first-order valence-corrected chi connectivity index (χ1v) is 9.68. The molecule has 7 nitrogen and oxygen atoms in total. The molecule has 1 aromatic carbocycles. The van der Waals surface area contributed by atoms with Crippen LogP contribution in [0.25, 0.3) is 0 Å². The minimum absolute atomic E-state index is 0.167. The summed E-state index contributed by atoms with van der Waals surface area (Å²) in [4.78, 5) is 20.0. The van der Waals surface area contributed by atoms with E-state index in [4.69, 9.17) is 4.74 Å². The molecular formula is C20H33N5O2. The zero-order valence-electron chi connectivity index (χ0n) is 17.0. The van der Waals surface area contributed by atoms with Crippen LogP contribution < -0.4 is 15.4 Å². The van der Waals surface area contributed by atoms with E-state index in [1.807, 2.05) is 11.8 Å². The lowest BCUT2D eigenvalue weighted by Gasteiger charge is -2.34. The first-order valence-electron chi connectivity index (χ1n) is 9.68. The lowest BCUT2D eigenvalue weighted by molar-refractivity contribution is -0.130. The average molecular weight is 376 g/mol. The third-order valence-electron chi connectivity index (χ3n) is 4.73.